The normalized spacial score (nSPS) is 15.5. The van der Waals surface area contributed by atoms with Crippen LogP contribution >= 0.6 is 11.6 Å². The van der Waals surface area contributed by atoms with Gasteiger partial charge in [-0.3, -0.25) is 9.59 Å². The standard InChI is InChI=1S/C25H30ClN3O4/c1-17(2)25(31)28(13-14-32-3)16-24(30)29-22(19-10-6-8-12-23(19)33-4)15-21(27-29)18-9-5-7-11-20(18)26/h5-12,17,22H,13-16H2,1-4H3. The maximum atomic E-state index is 13.5. The molecule has 0 aromatic heterocycles. The third-order valence-electron chi connectivity index (χ3n) is 5.55. The number of nitrogens with zero attached hydrogens (tertiary/aromatic N) is 3. The monoisotopic (exact) mass is 471 g/mol. The van der Waals surface area contributed by atoms with E-state index < -0.39 is 0 Å². The fraction of sp³-hybridized carbons (Fsp3) is 0.400. The number of halogens is 1. The molecule has 33 heavy (non-hydrogen) atoms. The lowest BCUT2D eigenvalue weighted by molar-refractivity contribution is -0.143. The van der Waals surface area contributed by atoms with Crippen molar-refractivity contribution in [3.05, 3.63) is 64.7 Å². The largest absolute Gasteiger partial charge is 0.496 e. The van der Waals surface area contributed by atoms with E-state index in [1.807, 2.05) is 56.3 Å². The maximum absolute atomic E-state index is 13.5. The van der Waals surface area contributed by atoms with Crippen molar-refractivity contribution in [1.29, 1.82) is 0 Å². The quantitative estimate of drug-likeness (QED) is 0.550. The molecule has 1 aliphatic heterocycles. The van der Waals surface area contributed by atoms with Gasteiger partial charge in [-0.2, -0.15) is 5.10 Å². The summed E-state index contributed by atoms with van der Waals surface area (Å²) in [4.78, 5) is 27.7. The summed E-state index contributed by atoms with van der Waals surface area (Å²) in [5.74, 6) is 0.0487. The zero-order valence-electron chi connectivity index (χ0n) is 19.5. The Hall–Kier alpha value is -2.90. The van der Waals surface area contributed by atoms with E-state index in [4.69, 9.17) is 21.1 Å². The SMILES string of the molecule is COCCN(CC(=O)N1N=C(c2ccccc2Cl)CC1c1ccccc1OC)C(=O)C(C)C. The summed E-state index contributed by atoms with van der Waals surface area (Å²) < 4.78 is 10.7. The predicted octanol–water partition coefficient (Wildman–Crippen LogP) is 4.16. The molecule has 0 bridgehead atoms. The third-order valence-corrected chi connectivity index (χ3v) is 5.88. The van der Waals surface area contributed by atoms with E-state index in [1.54, 1.807) is 20.3 Å². The molecule has 1 aliphatic rings. The summed E-state index contributed by atoms with van der Waals surface area (Å²) in [6.45, 7) is 4.20. The van der Waals surface area contributed by atoms with Crippen molar-refractivity contribution in [3.8, 4) is 5.75 Å². The molecule has 3 rings (SSSR count). The lowest BCUT2D eigenvalue weighted by Crippen LogP contribution is -2.44. The fourth-order valence-electron chi connectivity index (χ4n) is 3.85. The van der Waals surface area contributed by atoms with Crippen molar-refractivity contribution in [2.75, 3.05) is 33.9 Å². The minimum absolute atomic E-state index is 0.0919. The molecule has 176 valence electrons. The Morgan fingerprint density at radius 2 is 1.85 bits per heavy atom. The molecule has 2 aromatic rings. The number of para-hydroxylation sites is 1. The molecule has 1 heterocycles. The first-order valence-electron chi connectivity index (χ1n) is 10.9. The van der Waals surface area contributed by atoms with Crippen LogP contribution in [-0.4, -0.2) is 61.4 Å². The summed E-state index contributed by atoms with van der Waals surface area (Å²) in [6, 6.07) is 14.6. The number of hydrogen-bond donors (Lipinski definition) is 0. The number of hydrazone groups is 1. The Balaban J connectivity index is 1.96. The van der Waals surface area contributed by atoms with Crippen LogP contribution in [0.2, 0.25) is 5.02 Å². The van der Waals surface area contributed by atoms with Crippen molar-refractivity contribution < 1.29 is 19.1 Å². The molecule has 0 radical (unpaired) electrons. The Morgan fingerprint density at radius 1 is 1.15 bits per heavy atom. The Labute approximate surface area is 199 Å². The predicted molar refractivity (Wildman–Crippen MR) is 128 cm³/mol. The van der Waals surface area contributed by atoms with Crippen LogP contribution in [0.3, 0.4) is 0 Å². The topological polar surface area (TPSA) is 71.4 Å². The molecule has 0 N–H and O–H groups in total. The number of carbonyl (C=O) groups excluding carboxylic acids is 2. The highest BCUT2D eigenvalue weighted by Gasteiger charge is 2.36. The highest BCUT2D eigenvalue weighted by Crippen LogP contribution is 2.38. The number of methoxy groups -OCH3 is 2. The van der Waals surface area contributed by atoms with Crippen LogP contribution in [0.5, 0.6) is 5.75 Å². The van der Waals surface area contributed by atoms with E-state index in [0.717, 1.165) is 11.1 Å². The van der Waals surface area contributed by atoms with E-state index >= 15 is 0 Å². The number of ether oxygens (including phenoxy) is 2. The summed E-state index contributed by atoms with van der Waals surface area (Å²) in [7, 11) is 3.17. The van der Waals surface area contributed by atoms with Crippen LogP contribution in [0.4, 0.5) is 0 Å². The Kier molecular flexibility index (Phi) is 8.47. The van der Waals surface area contributed by atoms with E-state index in [-0.39, 0.29) is 30.3 Å². The summed E-state index contributed by atoms with van der Waals surface area (Å²) >= 11 is 6.43. The first kappa shape index (κ1) is 24.7. The van der Waals surface area contributed by atoms with Gasteiger partial charge in [0.05, 0.1) is 25.5 Å². The highest BCUT2D eigenvalue weighted by atomic mass is 35.5. The summed E-state index contributed by atoms with van der Waals surface area (Å²) in [5, 5.41) is 6.71. The molecular formula is C25H30ClN3O4. The fourth-order valence-corrected chi connectivity index (χ4v) is 4.10. The lowest BCUT2D eigenvalue weighted by atomic mass is 9.97. The van der Waals surface area contributed by atoms with Gasteiger partial charge in [0.2, 0.25) is 5.91 Å². The second kappa shape index (κ2) is 11.3. The van der Waals surface area contributed by atoms with Gasteiger partial charge in [-0.15, -0.1) is 0 Å². The lowest BCUT2D eigenvalue weighted by Gasteiger charge is -2.28. The molecule has 2 aromatic carbocycles. The van der Waals surface area contributed by atoms with Crippen molar-refractivity contribution in [1.82, 2.24) is 9.91 Å². The van der Waals surface area contributed by atoms with Gasteiger partial charge in [-0.05, 0) is 12.1 Å². The first-order valence-corrected chi connectivity index (χ1v) is 11.3. The second-order valence-corrected chi connectivity index (χ2v) is 8.54. The van der Waals surface area contributed by atoms with Gasteiger partial charge in [0.25, 0.3) is 5.91 Å². The first-order chi connectivity index (χ1) is 15.9. The number of hydrogen-bond acceptors (Lipinski definition) is 5. The van der Waals surface area contributed by atoms with E-state index in [1.165, 1.54) is 9.91 Å². The van der Waals surface area contributed by atoms with Crippen LogP contribution in [0.25, 0.3) is 0 Å². The number of amides is 2. The van der Waals surface area contributed by atoms with Crippen LogP contribution in [0.15, 0.2) is 53.6 Å². The molecule has 8 heteroatoms. The van der Waals surface area contributed by atoms with Gasteiger partial charge < -0.3 is 14.4 Å². The third kappa shape index (κ3) is 5.72. The smallest absolute Gasteiger partial charge is 0.262 e. The highest BCUT2D eigenvalue weighted by molar-refractivity contribution is 6.34. The zero-order chi connectivity index (χ0) is 24.0. The van der Waals surface area contributed by atoms with Gasteiger partial charge in [-0.25, -0.2) is 5.01 Å². The number of carbonyl (C=O) groups is 2. The average molecular weight is 472 g/mol. The summed E-state index contributed by atoms with van der Waals surface area (Å²) in [6.07, 6.45) is 0.478. The molecule has 0 saturated heterocycles. The molecule has 0 fully saturated rings. The molecule has 1 atom stereocenters. The van der Waals surface area contributed by atoms with E-state index in [0.29, 0.717) is 36.1 Å². The van der Waals surface area contributed by atoms with Crippen LogP contribution in [0, 0.1) is 5.92 Å². The Morgan fingerprint density at radius 3 is 2.52 bits per heavy atom. The van der Waals surface area contributed by atoms with Crippen molar-refractivity contribution in [2.24, 2.45) is 11.0 Å². The number of benzene rings is 2. The molecule has 7 nitrogen and oxygen atoms in total. The molecule has 0 aliphatic carbocycles. The zero-order valence-corrected chi connectivity index (χ0v) is 20.2. The number of rotatable bonds is 9. The maximum Gasteiger partial charge on any atom is 0.262 e. The molecule has 2 amide bonds. The minimum atomic E-state index is -0.377. The van der Waals surface area contributed by atoms with Crippen LogP contribution in [-0.2, 0) is 14.3 Å². The van der Waals surface area contributed by atoms with Gasteiger partial charge in [0, 0.05) is 42.1 Å². The summed E-state index contributed by atoms with van der Waals surface area (Å²) in [5.41, 5.74) is 2.34. The van der Waals surface area contributed by atoms with Gasteiger partial charge >= 0.3 is 0 Å². The van der Waals surface area contributed by atoms with Crippen molar-refractivity contribution in [3.63, 3.8) is 0 Å². The average Bonchev–Trinajstić information content (AvgIpc) is 3.26. The molecule has 0 spiro atoms. The van der Waals surface area contributed by atoms with Gasteiger partial charge in [0.15, 0.2) is 0 Å². The Bertz CT molecular complexity index is 1020. The molecule has 1 unspecified atom stereocenters. The van der Waals surface area contributed by atoms with Crippen molar-refractivity contribution in [2.45, 2.75) is 26.3 Å². The molecular weight excluding hydrogens is 442 g/mol. The van der Waals surface area contributed by atoms with Gasteiger partial charge in [0.1, 0.15) is 12.3 Å². The van der Waals surface area contributed by atoms with Crippen LogP contribution < -0.4 is 4.74 Å². The second-order valence-electron chi connectivity index (χ2n) is 8.13. The van der Waals surface area contributed by atoms with E-state index in [2.05, 4.69) is 5.10 Å². The van der Waals surface area contributed by atoms with Gasteiger partial charge in [-0.1, -0.05) is 61.8 Å². The van der Waals surface area contributed by atoms with E-state index in [9.17, 15) is 9.59 Å². The minimum Gasteiger partial charge on any atom is -0.496 e. The van der Waals surface area contributed by atoms with Crippen molar-refractivity contribution >= 4 is 29.1 Å². The van der Waals surface area contributed by atoms with Crippen LogP contribution in [0.1, 0.15) is 37.4 Å². The molecule has 0 saturated carbocycles.